The van der Waals surface area contributed by atoms with Crippen LogP contribution in [-0.4, -0.2) is 57.1 Å². The van der Waals surface area contributed by atoms with E-state index in [4.69, 9.17) is 0 Å². The van der Waals surface area contributed by atoms with Gasteiger partial charge in [0.15, 0.2) is 0 Å². The highest BCUT2D eigenvalue weighted by atomic mass is 15.1. The van der Waals surface area contributed by atoms with Crippen LogP contribution in [0.1, 0.15) is 36.1 Å². The van der Waals surface area contributed by atoms with Gasteiger partial charge in [0.2, 0.25) is 0 Å². The highest BCUT2D eigenvalue weighted by Crippen LogP contribution is 2.18. The third-order valence-electron chi connectivity index (χ3n) is 4.25. The van der Waals surface area contributed by atoms with E-state index in [1.165, 1.54) is 23.1 Å². The first-order valence-electron chi connectivity index (χ1n) is 8.09. The summed E-state index contributed by atoms with van der Waals surface area (Å²) in [4.78, 5) is 4.80. The SMILES string of the molecule is CCN(CCCN(C)C)CC(NC)c1ccc(C)c(C)c1. The zero-order valence-corrected chi connectivity index (χ0v) is 14.7. The first kappa shape index (κ1) is 18.1. The minimum absolute atomic E-state index is 0.406. The van der Waals surface area contributed by atoms with Gasteiger partial charge < -0.3 is 15.1 Å². The Morgan fingerprint density at radius 2 is 1.81 bits per heavy atom. The summed E-state index contributed by atoms with van der Waals surface area (Å²) in [5.41, 5.74) is 4.14. The van der Waals surface area contributed by atoms with Gasteiger partial charge in [0.25, 0.3) is 0 Å². The lowest BCUT2D eigenvalue weighted by molar-refractivity contribution is 0.243. The van der Waals surface area contributed by atoms with Gasteiger partial charge in [0.05, 0.1) is 0 Å². The van der Waals surface area contributed by atoms with E-state index < -0.39 is 0 Å². The van der Waals surface area contributed by atoms with Crippen LogP contribution in [0.25, 0.3) is 0 Å². The summed E-state index contributed by atoms with van der Waals surface area (Å²) < 4.78 is 0. The van der Waals surface area contributed by atoms with Crippen LogP contribution in [0.5, 0.6) is 0 Å². The number of nitrogens with zero attached hydrogens (tertiary/aromatic N) is 2. The summed E-state index contributed by atoms with van der Waals surface area (Å²) >= 11 is 0. The molecule has 0 spiro atoms. The average molecular weight is 291 g/mol. The standard InChI is InChI=1S/C18H33N3/c1-7-21(12-8-11-20(5)6)14-18(19-4)17-10-9-15(2)16(3)13-17/h9-10,13,18-19H,7-8,11-12,14H2,1-6H3. The molecule has 1 rings (SSSR count). The van der Waals surface area contributed by atoms with Crippen LogP contribution >= 0.6 is 0 Å². The van der Waals surface area contributed by atoms with Gasteiger partial charge in [0.1, 0.15) is 0 Å². The highest BCUT2D eigenvalue weighted by molar-refractivity contribution is 5.31. The number of benzene rings is 1. The molecule has 120 valence electrons. The third kappa shape index (κ3) is 6.16. The second-order valence-corrected chi connectivity index (χ2v) is 6.24. The Balaban J connectivity index is 2.63. The fourth-order valence-electron chi connectivity index (χ4n) is 2.59. The fraction of sp³-hybridized carbons (Fsp3) is 0.667. The quantitative estimate of drug-likeness (QED) is 0.755. The highest BCUT2D eigenvalue weighted by Gasteiger charge is 2.14. The van der Waals surface area contributed by atoms with E-state index in [-0.39, 0.29) is 0 Å². The van der Waals surface area contributed by atoms with E-state index in [1.807, 2.05) is 0 Å². The lowest BCUT2D eigenvalue weighted by atomic mass is 10.0. The summed E-state index contributed by atoms with van der Waals surface area (Å²) in [6, 6.07) is 7.22. The molecule has 3 nitrogen and oxygen atoms in total. The molecule has 0 aliphatic carbocycles. The largest absolute Gasteiger partial charge is 0.312 e. The van der Waals surface area contributed by atoms with Gasteiger partial charge in [-0.2, -0.15) is 0 Å². The van der Waals surface area contributed by atoms with Crippen molar-refractivity contribution in [1.29, 1.82) is 0 Å². The van der Waals surface area contributed by atoms with E-state index in [0.717, 1.165) is 26.2 Å². The second-order valence-electron chi connectivity index (χ2n) is 6.24. The molecular formula is C18H33N3. The van der Waals surface area contributed by atoms with Gasteiger partial charge >= 0.3 is 0 Å². The van der Waals surface area contributed by atoms with Crippen molar-refractivity contribution in [3.8, 4) is 0 Å². The first-order valence-corrected chi connectivity index (χ1v) is 8.09. The van der Waals surface area contributed by atoms with E-state index in [0.29, 0.717) is 6.04 Å². The van der Waals surface area contributed by atoms with Crippen molar-refractivity contribution >= 4 is 0 Å². The second kappa shape index (κ2) is 9.19. The molecule has 0 aromatic heterocycles. The molecule has 0 aliphatic heterocycles. The Morgan fingerprint density at radius 3 is 2.33 bits per heavy atom. The molecule has 21 heavy (non-hydrogen) atoms. The maximum Gasteiger partial charge on any atom is 0.0446 e. The van der Waals surface area contributed by atoms with Crippen LogP contribution in [0.3, 0.4) is 0 Å². The maximum absolute atomic E-state index is 3.48. The number of hydrogen-bond donors (Lipinski definition) is 1. The minimum Gasteiger partial charge on any atom is -0.312 e. The zero-order chi connectivity index (χ0) is 15.8. The van der Waals surface area contributed by atoms with Crippen LogP contribution in [0, 0.1) is 13.8 Å². The van der Waals surface area contributed by atoms with E-state index in [1.54, 1.807) is 0 Å². The van der Waals surface area contributed by atoms with Crippen LogP contribution in [0.4, 0.5) is 0 Å². The molecule has 1 aromatic carbocycles. The molecular weight excluding hydrogens is 258 g/mol. The van der Waals surface area contributed by atoms with Crippen molar-refractivity contribution in [3.05, 3.63) is 34.9 Å². The molecule has 0 aliphatic rings. The molecule has 0 amide bonds. The van der Waals surface area contributed by atoms with Crippen LogP contribution in [-0.2, 0) is 0 Å². The van der Waals surface area contributed by atoms with E-state index >= 15 is 0 Å². The van der Waals surface area contributed by atoms with Gasteiger partial charge in [-0.3, -0.25) is 0 Å². The Morgan fingerprint density at radius 1 is 1.10 bits per heavy atom. The first-order chi connectivity index (χ1) is 9.97. The summed E-state index contributed by atoms with van der Waals surface area (Å²) in [7, 11) is 6.34. The smallest absolute Gasteiger partial charge is 0.0446 e. The number of nitrogens with one attached hydrogen (secondary N) is 1. The molecule has 0 heterocycles. The summed E-state index contributed by atoms with van der Waals surface area (Å²) in [5.74, 6) is 0. The molecule has 0 saturated carbocycles. The molecule has 0 radical (unpaired) electrons. The number of rotatable bonds is 9. The average Bonchev–Trinajstić information content (AvgIpc) is 2.45. The van der Waals surface area contributed by atoms with Crippen molar-refractivity contribution < 1.29 is 0 Å². The molecule has 0 saturated heterocycles. The van der Waals surface area contributed by atoms with Gasteiger partial charge in [-0.15, -0.1) is 0 Å². The minimum atomic E-state index is 0.406. The number of likely N-dealkylation sites (N-methyl/N-ethyl adjacent to an activating group) is 2. The van der Waals surface area contributed by atoms with Crippen molar-refractivity contribution in [3.63, 3.8) is 0 Å². The van der Waals surface area contributed by atoms with Crippen LogP contribution < -0.4 is 5.32 Å². The Hall–Kier alpha value is -0.900. The number of hydrogen-bond acceptors (Lipinski definition) is 3. The molecule has 1 aromatic rings. The van der Waals surface area contributed by atoms with Crippen LogP contribution in [0.2, 0.25) is 0 Å². The summed E-state index contributed by atoms with van der Waals surface area (Å²) in [6.45, 7) is 11.1. The Kier molecular flexibility index (Phi) is 7.94. The lowest BCUT2D eigenvalue weighted by Crippen LogP contribution is -2.35. The predicted octanol–water partition coefficient (Wildman–Crippen LogP) is 2.84. The topological polar surface area (TPSA) is 18.5 Å². The maximum atomic E-state index is 3.48. The van der Waals surface area contributed by atoms with Gasteiger partial charge in [-0.05, 0) is 77.7 Å². The monoisotopic (exact) mass is 291 g/mol. The molecule has 1 atom stereocenters. The Labute approximate surface area is 131 Å². The fourth-order valence-corrected chi connectivity index (χ4v) is 2.59. The van der Waals surface area contributed by atoms with Crippen molar-refractivity contribution in [2.45, 2.75) is 33.2 Å². The molecule has 1 unspecified atom stereocenters. The summed E-state index contributed by atoms with van der Waals surface area (Å²) in [6.07, 6.45) is 1.23. The van der Waals surface area contributed by atoms with E-state index in [2.05, 4.69) is 75.2 Å². The van der Waals surface area contributed by atoms with Crippen molar-refractivity contribution in [1.82, 2.24) is 15.1 Å². The molecule has 0 bridgehead atoms. The molecule has 3 heteroatoms. The Bertz CT molecular complexity index is 415. The normalized spacial score (nSPS) is 13.1. The third-order valence-corrected chi connectivity index (χ3v) is 4.25. The van der Waals surface area contributed by atoms with Crippen molar-refractivity contribution in [2.24, 2.45) is 0 Å². The zero-order valence-electron chi connectivity index (χ0n) is 14.7. The number of aryl methyl sites for hydroxylation is 2. The molecule has 0 fully saturated rings. The van der Waals surface area contributed by atoms with E-state index in [9.17, 15) is 0 Å². The lowest BCUT2D eigenvalue weighted by Gasteiger charge is -2.27. The van der Waals surface area contributed by atoms with Gasteiger partial charge in [-0.25, -0.2) is 0 Å². The van der Waals surface area contributed by atoms with Gasteiger partial charge in [0, 0.05) is 12.6 Å². The van der Waals surface area contributed by atoms with Crippen molar-refractivity contribution in [2.75, 3.05) is 47.3 Å². The predicted molar refractivity (Wildman–Crippen MR) is 93.0 cm³/mol. The van der Waals surface area contributed by atoms with Crippen LogP contribution in [0.15, 0.2) is 18.2 Å². The van der Waals surface area contributed by atoms with Gasteiger partial charge in [-0.1, -0.05) is 25.1 Å². The molecule has 1 N–H and O–H groups in total. The summed E-state index contributed by atoms with van der Waals surface area (Å²) in [5, 5.41) is 3.48.